The summed E-state index contributed by atoms with van der Waals surface area (Å²) in [5.41, 5.74) is 3.00. The van der Waals surface area contributed by atoms with Gasteiger partial charge in [0.25, 0.3) is 0 Å². The maximum Gasteiger partial charge on any atom is 0.227 e. The number of nitrogens with zero attached hydrogens (tertiary/aromatic N) is 2. The summed E-state index contributed by atoms with van der Waals surface area (Å²) < 4.78 is 45.4. The number of aromatic nitrogens is 2. The standard InChI is InChI=1S/C20H18N2O/c1-4-14-11-21-18(10-12(14)2)17-7-5-6-15-16-9-8-13(3)22-20(16)23-19(15)17/h5-11H,4H2,1-3H3/i2D3,4D2. The van der Waals surface area contributed by atoms with Crippen molar-refractivity contribution in [3.05, 3.63) is 59.4 Å². The van der Waals surface area contributed by atoms with Gasteiger partial charge in [0.15, 0.2) is 0 Å². The van der Waals surface area contributed by atoms with Gasteiger partial charge in [-0.2, -0.15) is 0 Å². The number of hydrogen-bond donors (Lipinski definition) is 0. The van der Waals surface area contributed by atoms with Crippen LogP contribution in [0, 0.1) is 13.8 Å². The van der Waals surface area contributed by atoms with Gasteiger partial charge in [0.05, 0.1) is 5.69 Å². The molecule has 0 spiro atoms. The van der Waals surface area contributed by atoms with Gasteiger partial charge in [-0.1, -0.05) is 19.1 Å². The number of furan rings is 1. The number of rotatable bonds is 2. The average molecular weight is 307 g/mol. The molecule has 4 rings (SSSR count). The van der Waals surface area contributed by atoms with Crippen molar-refractivity contribution in [1.82, 2.24) is 9.97 Å². The highest BCUT2D eigenvalue weighted by Crippen LogP contribution is 2.34. The lowest BCUT2D eigenvalue weighted by Crippen LogP contribution is -1.91. The zero-order valence-corrected chi connectivity index (χ0v) is 12.8. The molecule has 23 heavy (non-hydrogen) atoms. The number of benzene rings is 1. The first-order valence-corrected chi connectivity index (χ1v) is 7.36. The fourth-order valence-corrected chi connectivity index (χ4v) is 2.78. The molecular weight excluding hydrogens is 284 g/mol. The molecule has 0 N–H and O–H groups in total. The third kappa shape index (κ3) is 2.20. The van der Waals surface area contributed by atoms with Crippen LogP contribution in [0.1, 0.15) is 30.6 Å². The SMILES string of the molecule is [2H]C([2H])([2H])c1cc(-c2cccc3c2oc2nc(C)ccc23)ncc1C([2H])([2H])C. The Morgan fingerprint density at radius 2 is 2.13 bits per heavy atom. The van der Waals surface area contributed by atoms with Crippen molar-refractivity contribution in [3.8, 4) is 11.3 Å². The number of aryl methyl sites for hydroxylation is 3. The fourth-order valence-electron chi connectivity index (χ4n) is 2.78. The van der Waals surface area contributed by atoms with Crippen molar-refractivity contribution in [3.63, 3.8) is 0 Å². The van der Waals surface area contributed by atoms with Crippen LogP contribution in [0.5, 0.6) is 0 Å². The van der Waals surface area contributed by atoms with Gasteiger partial charge in [-0.05, 0) is 55.5 Å². The van der Waals surface area contributed by atoms with Crippen LogP contribution in [0.15, 0.2) is 47.0 Å². The minimum absolute atomic E-state index is 0.0490. The van der Waals surface area contributed by atoms with Crippen LogP contribution in [-0.4, -0.2) is 9.97 Å². The van der Waals surface area contributed by atoms with E-state index in [4.69, 9.17) is 11.3 Å². The Balaban J connectivity index is 1.99. The third-order valence-electron chi connectivity index (χ3n) is 3.95. The van der Waals surface area contributed by atoms with Crippen LogP contribution in [-0.2, 0) is 6.37 Å². The Morgan fingerprint density at radius 1 is 1.22 bits per heavy atom. The van der Waals surface area contributed by atoms with E-state index in [0.717, 1.165) is 16.5 Å². The van der Waals surface area contributed by atoms with E-state index >= 15 is 0 Å². The summed E-state index contributed by atoms with van der Waals surface area (Å²) in [6.45, 7) is 0.749. The number of pyridine rings is 2. The zero-order chi connectivity index (χ0) is 20.3. The van der Waals surface area contributed by atoms with Gasteiger partial charge >= 0.3 is 0 Å². The van der Waals surface area contributed by atoms with E-state index in [-0.39, 0.29) is 11.1 Å². The average Bonchev–Trinajstić information content (AvgIpc) is 2.97. The van der Waals surface area contributed by atoms with Crippen LogP contribution in [0.25, 0.3) is 33.3 Å². The molecule has 4 aromatic rings. The molecule has 114 valence electrons. The molecule has 0 aliphatic heterocycles. The molecule has 3 aromatic heterocycles. The first-order chi connectivity index (χ1) is 13.1. The number of hydrogen-bond acceptors (Lipinski definition) is 3. The van der Waals surface area contributed by atoms with Gasteiger partial charge in [0, 0.05) is 35.1 Å². The molecule has 0 aliphatic rings. The Morgan fingerprint density at radius 3 is 2.96 bits per heavy atom. The van der Waals surface area contributed by atoms with Crippen LogP contribution in [0.2, 0.25) is 0 Å². The van der Waals surface area contributed by atoms with E-state index in [9.17, 15) is 0 Å². The lowest BCUT2D eigenvalue weighted by atomic mass is 10.0. The molecule has 3 heterocycles. The molecule has 0 aliphatic carbocycles. The second-order valence-corrected chi connectivity index (χ2v) is 5.45. The summed E-state index contributed by atoms with van der Waals surface area (Å²) in [6.07, 6.45) is -0.511. The van der Waals surface area contributed by atoms with Gasteiger partial charge in [-0.25, -0.2) is 4.98 Å². The van der Waals surface area contributed by atoms with Crippen LogP contribution in [0.4, 0.5) is 0 Å². The predicted molar refractivity (Wildman–Crippen MR) is 93.6 cm³/mol. The lowest BCUT2D eigenvalue weighted by Gasteiger charge is -2.06. The van der Waals surface area contributed by atoms with Crippen molar-refractivity contribution >= 4 is 22.1 Å². The van der Waals surface area contributed by atoms with Crippen LogP contribution < -0.4 is 0 Å². The summed E-state index contributed by atoms with van der Waals surface area (Å²) >= 11 is 0. The smallest absolute Gasteiger partial charge is 0.227 e. The van der Waals surface area contributed by atoms with Crippen molar-refractivity contribution in [2.24, 2.45) is 0 Å². The molecule has 3 heteroatoms. The Bertz CT molecular complexity index is 1210. The molecule has 0 unspecified atom stereocenters. The quantitative estimate of drug-likeness (QED) is 0.509. The minimum Gasteiger partial charge on any atom is -0.437 e. The summed E-state index contributed by atoms with van der Waals surface area (Å²) in [5, 5.41) is 1.74. The molecular formula is C20H18N2O. The first-order valence-electron chi connectivity index (χ1n) is 9.86. The van der Waals surface area contributed by atoms with Crippen molar-refractivity contribution in [1.29, 1.82) is 0 Å². The molecule has 0 radical (unpaired) electrons. The zero-order valence-electron chi connectivity index (χ0n) is 17.8. The maximum atomic E-state index is 7.94. The molecule has 0 saturated heterocycles. The van der Waals surface area contributed by atoms with Gasteiger partial charge in [0.2, 0.25) is 5.71 Å². The second kappa shape index (κ2) is 5.20. The van der Waals surface area contributed by atoms with Crippen molar-refractivity contribution in [2.75, 3.05) is 0 Å². The topological polar surface area (TPSA) is 38.9 Å². The summed E-state index contributed by atoms with van der Waals surface area (Å²) in [5.74, 6) is 0. The Labute approximate surface area is 142 Å². The molecule has 1 aromatic carbocycles. The molecule has 0 saturated carbocycles. The van der Waals surface area contributed by atoms with Gasteiger partial charge in [-0.15, -0.1) is 0 Å². The fraction of sp³-hybridized carbons (Fsp3) is 0.200. The molecule has 0 atom stereocenters. The van der Waals surface area contributed by atoms with Gasteiger partial charge in [0.1, 0.15) is 5.58 Å². The van der Waals surface area contributed by atoms with Gasteiger partial charge in [-0.3, -0.25) is 4.98 Å². The first kappa shape index (κ1) is 9.46. The highest BCUT2D eigenvalue weighted by atomic mass is 16.3. The molecule has 0 fully saturated rings. The Hall–Kier alpha value is -2.68. The summed E-state index contributed by atoms with van der Waals surface area (Å²) in [6, 6.07) is 10.9. The van der Waals surface area contributed by atoms with Crippen molar-refractivity contribution < 1.29 is 11.3 Å². The molecule has 3 nitrogen and oxygen atoms in total. The number of para-hydroxylation sites is 1. The summed E-state index contributed by atoms with van der Waals surface area (Å²) in [4.78, 5) is 8.78. The highest BCUT2D eigenvalue weighted by Gasteiger charge is 2.14. The Kier molecular flexibility index (Phi) is 2.14. The normalized spacial score (nSPS) is 15.8. The largest absolute Gasteiger partial charge is 0.437 e. The molecule has 0 amide bonds. The third-order valence-corrected chi connectivity index (χ3v) is 3.95. The van der Waals surface area contributed by atoms with E-state index in [2.05, 4.69) is 9.97 Å². The minimum atomic E-state index is -2.46. The second-order valence-electron chi connectivity index (χ2n) is 5.45. The monoisotopic (exact) mass is 307 g/mol. The van der Waals surface area contributed by atoms with Crippen molar-refractivity contribution in [2.45, 2.75) is 27.1 Å². The van der Waals surface area contributed by atoms with Crippen LogP contribution in [0.3, 0.4) is 0 Å². The van der Waals surface area contributed by atoms with E-state index in [0.29, 0.717) is 22.6 Å². The van der Waals surface area contributed by atoms with E-state index < -0.39 is 13.2 Å². The van der Waals surface area contributed by atoms with E-state index in [1.807, 2.05) is 37.3 Å². The molecule has 0 bridgehead atoms. The van der Waals surface area contributed by atoms with Crippen LogP contribution >= 0.6 is 0 Å². The lowest BCUT2D eigenvalue weighted by molar-refractivity contribution is 0.653. The number of fused-ring (bicyclic) bond motifs is 3. The summed E-state index contributed by atoms with van der Waals surface area (Å²) in [7, 11) is 0. The highest BCUT2D eigenvalue weighted by molar-refractivity contribution is 6.08. The predicted octanol–water partition coefficient (Wildman–Crippen LogP) is 5.22. The van der Waals surface area contributed by atoms with Gasteiger partial charge < -0.3 is 4.42 Å². The van der Waals surface area contributed by atoms with E-state index in [1.165, 1.54) is 19.2 Å². The maximum absolute atomic E-state index is 7.94. The van der Waals surface area contributed by atoms with E-state index in [1.54, 1.807) is 0 Å².